The first kappa shape index (κ1) is 19.1. The van der Waals surface area contributed by atoms with E-state index in [4.69, 9.17) is 0 Å². The molecule has 0 radical (unpaired) electrons. The maximum Gasteiger partial charge on any atom is 0.234 e. The van der Waals surface area contributed by atoms with E-state index < -0.39 is 0 Å². The maximum absolute atomic E-state index is 12.8. The molecule has 3 heterocycles. The Kier molecular flexibility index (Phi) is 5.39. The molecule has 5 rings (SSSR count). The van der Waals surface area contributed by atoms with E-state index in [9.17, 15) is 4.79 Å². The molecule has 152 valence electrons. The molecular formula is C25H25N3OS. The van der Waals surface area contributed by atoms with Crippen molar-refractivity contribution in [2.45, 2.75) is 18.9 Å². The molecule has 4 nitrogen and oxygen atoms in total. The smallest absolute Gasteiger partial charge is 0.234 e. The fraction of sp³-hybridized carbons (Fsp3) is 0.240. The summed E-state index contributed by atoms with van der Waals surface area (Å²) in [5.74, 6) is 0.0921. The molecule has 0 saturated heterocycles. The summed E-state index contributed by atoms with van der Waals surface area (Å²) >= 11 is 1.83. The molecule has 4 aromatic rings. The van der Waals surface area contributed by atoms with E-state index >= 15 is 0 Å². The van der Waals surface area contributed by atoms with E-state index in [1.807, 2.05) is 29.7 Å². The minimum absolute atomic E-state index is 0.0921. The average Bonchev–Trinajstić information content (AvgIpc) is 3.41. The summed E-state index contributed by atoms with van der Waals surface area (Å²) < 4.78 is 0. The third kappa shape index (κ3) is 3.78. The largest absolute Gasteiger partial charge is 0.361 e. The summed E-state index contributed by atoms with van der Waals surface area (Å²) in [6.45, 7) is 1.97. The Labute approximate surface area is 180 Å². The molecule has 5 heteroatoms. The molecular weight excluding hydrogens is 390 g/mol. The Hall–Kier alpha value is -2.89. The van der Waals surface area contributed by atoms with Crippen molar-refractivity contribution in [1.29, 1.82) is 0 Å². The number of amides is 1. The zero-order chi connectivity index (χ0) is 20.3. The zero-order valence-corrected chi connectivity index (χ0v) is 17.6. The lowest BCUT2D eigenvalue weighted by atomic mass is 9.93. The third-order valence-electron chi connectivity index (χ3n) is 5.92. The Balaban J connectivity index is 1.25. The van der Waals surface area contributed by atoms with Gasteiger partial charge in [0, 0.05) is 35.1 Å². The van der Waals surface area contributed by atoms with Gasteiger partial charge in [-0.25, -0.2) is 0 Å². The summed E-state index contributed by atoms with van der Waals surface area (Å²) in [6, 6.07) is 21.2. The second-order valence-electron chi connectivity index (χ2n) is 7.79. The van der Waals surface area contributed by atoms with Gasteiger partial charge in [-0.15, -0.1) is 11.3 Å². The molecule has 0 bridgehead atoms. The van der Waals surface area contributed by atoms with Crippen LogP contribution >= 0.6 is 11.3 Å². The van der Waals surface area contributed by atoms with Crippen molar-refractivity contribution in [2.75, 3.05) is 19.6 Å². The second kappa shape index (κ2) is 8.46. The highest BCUT2D eigenvalue weighted by atomic mass is 32.1. The number of hydrogen-bond acceptors (Lipinski definition) is 3. The second-order valence-corrected chi connectivity index (χ2v) is 8.79. The molecule has 30 heavy (non-hydrogen) atoms. The van der Waals surface area contributed by atoms with Crippen LogP contribution in [-0.2, 0) is 17.6 Å². The van der Waals surface area contributed by atoms with E-state index in [1.165, 1.54) is 27.0 Å². The van der Waals surface area contributed by atoms with Crippen LogP contribution in [0, 0.1) is 0 Å². The molecule has 1 aliphatic rings. The minimum Gasteiger partial charge on any atom is -0.361 e. The topological polar surface area (TPSA) is 48.1 Å². The Morgan fingerprint density at radius 1 is 1.10 bits per heavy atom. The normalized spacial score (nSPS) is 16.5. The molecule has 0 spiro atoms. The summed E-state index contributed by atoms with van der Waals surface area (Å²) in [5, 5.41) is 6.54. The highest BCUT2D eigenvalue weighted by Crippen LogP contribution is 2.37. The predicted octanol–water partition coefficient (Wildman–Crippen LogP) is 4.54. The van der Waals surface area contributed by atoms with E-state index in [1.54, 1.807) is 0 Å². The number of aromatic nitrogens is 1. The first-order chi connectivity index (χ1) is 14.8. The Bertz CT molecular complexity index is 1150. The van der Waals surface area contributed by atoms with E-state index in [0.717, 1.165) is 24.9 Å². The summed E-state index contributed by atoms with van der Waals surface area (Å²) in [6.07, 6.45) is 3.89. The highest BCUT2D eigenvalue weighted by Gasteiger charge is 2.30. The number of carbonyl (C=O) groups excluding carboxylic acids is 1. The first-order valence-electron chi connectivity index (χ1n) is 10.5. The first-order valence-corrected chi connectivity index (χ1v) is 11.3. The van der Waals surface area contributed by atoms with Crippen LogP contribution in [0.1, 0.15) is 27.6 Å². The average molecular weight is 416 g/mol. The highest BCUT2D eigenvalue weighted by molar-refractivity contribution is 7.10. The van der Waals surface area contributed by atoms with E-state index in [-0.39, 0.29) is 11.9 Å². The molecule has 2 aromatic heterocycles. The molecule has 0 aliphatic carbocycles. The van der Waals surface area contributed by atoms with Crippen LogP contribution in [0.2, 0.25) is 0 Å². The van der Waals surface area contributed by atoms with Gasteiger partial charge in [0.2, 0.25) is 5.91 Å². The quantitative estimate of drug-likeness (QED) is 0.486. The van der Waals surface area contributed by atoms with Crippen molar-refractivity contribution >= 4 is 28.1 Å². The van der Waals surface area contributed by atoms with Crippen molar-refractivity contribution in [3.05, 3.63) is 93.8 Å². The van der Waals surface area contributed by atoms with E-state index in [0.29, 0.717) is 13.1 Å². The number of carbonyl (C=O) groups is 1. The fourth-order valence-electron chi connectivity index (χ4n) is 4.48. The van der Waals surface area contributed by atoms with Crippen LogP contribution < -0.4 is 5.32 Å². The van der Waals surface area contributed by atoms with Gasteiger partial charge in [0.25, 0.3) is 0 Å². The number of H-pyrrole nitrogens is 1. The van der Waals surface area contributed by atoms with Gasteiger partial charge < -0.3 is 10.3 Å². The Morgan fingerprint density at radius 3 is 2.83 bits per heavy atom. The van der Waals surface area contributed by atoms with Crippen molar-refractivity contribution in [3.63, 3.8) is 0 Å². The number of fused-ring (bicyclic) bond motifs is 2. The summed E-state index contributed by atoms with van der Waals surface area (Å²) in [4.78, 5) is 19.8. The number of para-hydroxylation sites is 1. The van der Waals surface area contributed by atoms with Gasteiger partial charge in [0.15, 0.2) is 0 Å². The standard InChI is InChI=1S/C25H25N3OS/c29-24(26-13-10-19-16-27-22-9-5-4-8-20(19)22)17-28-14-11-23-21(12-15-30-23)25(28)18-6-2-1-3-7-18/h1-9,12,15-16,25,27H,10-11,13-14,17H2,(H,26,29)/t25-/m1/s1. The van der Waals surface area contributed by atoms with Crippen molar-refractivity contribution in [2.24, 2.45) is 0 Å². The maximum atomic E-state index is 12.8. The lowest BCUT2D eigenvalue weighted by Crippen LogP contribution is -2.43. The fourth-order valence-corrected chi connectivity index (χ4v) is 5.38. The molecule has 1 atom stereocenters. The summed E-state index contributed by atoms with van der Waals surface area (Å²) in [5.41, 5.74) is 4.99. The number of rotatable bonds is 6. The monoisotopic (exact) mass is 415 g/mol. The molecule has 2 aromatic carbocycles. The lowest BCUT2D eigenvalue weighted by Gasteiger charge is -2.35. The van der Waals surface area contributed by atoms with Gasteiger partial charge in [-0.3, -0.25) is 9.69 Å². The van der Waals surface area contributed by atoms with Gasteiger partial charge in [0.1, 0.15) is 0 Å². The van der Waals surface area contributed by atoms with Crippen LogP contribution in [0.5, 0.6) is 0 Å². The van der Waals surface area contributed by atoms with Gasteiger partial charge in [-0.1, -0.05) is 48.5 Å². The van der Waals surface area contributed by atoms with E-state index in [2.05, 4.69) is 69.1 Å². The van der Waals surface area contributed by atoms with Gasteiger partial charge >= 0.3 is 0 Å². The van der Waals surface area contributed by atoms with Crippen molar-refractivity contribution in [3.8, 4) is 0 Å². The van der Waals surface area contributed by atoms with Crippen LogP contribution in [0.25, 0.3) is 10.9 Å². The van der Waals surface area contributed by atoms with Crippen LogP contribution in [-0.4, -0.2) is 35.4 Å². The van der Waals surface area contributed by atoms with Gasteiger partial charge in [-0.05, 0) is 47.0 Å². The van der Waals surface area contributed by atoms with Gasteiger partial charge in [-0.2, -0.15) is 0 Å². The third-order valence-corrected chi connectivity index (χ3v) is 6.92. The predicted molar refractivity (Wildman–Crippen MR) is 123 cm³/mol. The molecule has 0 saturated carbocycles. The molecule has 1 amide bonds. The molecule has 1 aliphatic heterocycles. The Morgan fingerprint density at radius 2 is 1.93 bits per heavy atom. The molecule has 0 fully saturated rings. The lowest BCUT2D eigenvalue weighted by molar-refractivity contribution is -0.122. The number of nitrogens with one attached hydrogen (secondary N) is 2. The molecule has 0 unspecified atom stereocenters. The number of benzene rings is 2. The van der Waals surface area contributed by atoms with Gasteiger partial charge in [0.05, 0.1) is 12.6 Å². The number of hydrogen-bond donors (Lipinski definition) is 2. The minimum atomic E-state index is 0.0921. The number of nitrogens with zero attached hydrogens (tertiary/aromatic N) is 1. The molecule has 2 N–H and O–H groups in total. The van der Waals surface area contributed by atoms with Crippen molar-refractivity contribution < 1.29 is 4.79 Å². The van der Waals surface area contributed by atoms with Crippen molar-refractivity contribution in [1.82, 2.24) is 15.2 Å². The summed E-state index contributed by atoms with van der Waals surface area (Å²) in [7, 11) is 0. The van der Waals surface area contributed by atoms with Crippen LogP contribution in [0.3, 0.4) is 0 Å². The van der Waals surface area contributed by atoms with Crippen LogP contribution in [0.15, 0.2) is 72.2 Å². The number of thiophene rings is 1. The zero-order valence-electron chi connectivity index (χ0n) is 16.8. The SMILES string of the molecule is O=C(CN1CCc2sccc2[C@H]1c1ccccc1)NCCc1c[nH]c2ccccc12. The number of aromatic amines is 1. The van der Waals surface area contributed by atoms with Crippen LogP contribution in [0.4, 0.5) is 0 Å².